The number of nitrogens with zero attached hydrogens (tertiary/aromatic N) is 5. The number of aryl methyl sites for hydroxylation is 1. The molecule has 0 radical (unpaired) electrons. The Bertz CT molecular complexity index is 1500. The number of fused-ring (bicyclic) bond motifs is 1. The van der Waals surface area contributed by atoms with Crippen LogP contribution in [0.3, 0.4) is 0 Å². The van der Waals surface area contributed by atoms with E-state index in [1.807, 2.05) is 67.9 Å². The molecule has 0 spiro atoms. The lowest BCUT2D eigenvalue weighted by molar-refractivity contribution is 0.0377. The number of likely N-dealkylation sites (tertiary alicyclic amines) is 1. The molecule has 0 unspecified atom stereocenters. The van der Waals surface area contributed by atoms with Crippen LogP contribution in [0.1, 0.15) is 42.6 Å². The lowest BCUT2D eigenvalue weighted by Crippen LogP contribution is -2.36. The summed E-state index contributed by atoms with van der Waals surface area (Å²) in [6.07, 6.45) is 5.60. The summed E-state index contributed by atoms with van der Waals surface area (Å²) in [5.74, 6) is 0.340. The number of nitrogen functional groups attached to an aromatic ring is 1. The number of ether oxygens (including phenoxy) is 1. The first-order valence-electron chi connectivity index (χ1n) is 13.4. The predicted octanol–water partition coefficient (Wildman–Crippen LogP) is 5.15. The zero-order chi connectivity index (χ0) is 27.7. The van der Waals surface area contributed by atoms with Crippen molar-refractivity contribution in [3.05, 3.63) is 66.0 Å². The first kappa shape index (κ1) is 26.5. The first-order valence-corrected chi connectivity index (χ1v) is 13.4. The lowest BCUT2D eigenvalue weighted by atomic mass is 10.1. The summed E-state index contributed by atoms with van der Waals surface area (Å²) >= 11 is 0. The van der Waals surface area contributed by atoms with Gasteiger partial charge in [0, 0.05) is 37.7 Å². The number of aromatic nitrogens is 3. The van der Waals surface area contributed by atoms with Crippen LogP contribution in [0.5, 0.6) is 0 Å². The van der Waals surface area contributed by atoms with Crippen LogP contribution < -0.4 is 16.0 Å². The van der Waals surface area contributed by atoms with Crippen LogP contribution in [0.15, 0.2) is 54.9 Å². The predicted molar refractivity (Wildman–Crippen MR) is 157 cm³/mol. The molecule has 1 aliphatic heterocycles. The molecule has 2 aromatic carbocycles. The molecule has 1 aliphatic rings. The van der Waals surface area contributed by atoms with Crippen molar-refractivity contribution in [3.63, 3.8) is 0 Å². The average Bonchev–Trinajstić information content (AvgIpc) is 3.51. The highest BCUT2D eigenvalue weighted by molar-refractivity contribution is 5.94. The monoisotopic (exact) mass is 527 g/mol. The molecule has 1 saturated heterocycles. The third kappa shape index (κ3) is 5.54. The second-order valence-corrected chi connectivity index (χ2v) is 10.6. The van der Waals surface area contributed by atoms with Gasteiger partial charge in [0.05, 0.1) is 23.0 Å². The van der Waals surface area contributed by atoms with Crippen LogP contribution in [0.2, 0.25) is 0 Å². The van der Waals surface area contributed by atoms with Gasteiger partial charge in [-0.1, -0.05) is 18.2 Å². The van der Waals surface area contributed by atoms with E-state index < -0.39 is 5.97 Å². The standard InChI is InChI=1S/C30H37N7O2/c1-19(2)39-29(38)23-17-32-30(34-28(23)37-14-12-21-9-6-7-11-26(21)37)33-25-16-24(31)27(15-20(25)3)36(5)18-22-10-8-13-35(22)4/h6-7,9,11-12,14-17,19,22H,8,10,13,18,31H2,1-5H3,(H,32,33,34)/t22-/m1/s1. The summed E-state index contributed by atoms with van der Waals surface area (Å²) in [6.45, 7) is 7.75. The number of benzene rings is 2. The Morgan fingerprint density at radius 1 is 1.26 bits per heavy atom. The van der Waals surface area contributed by atoms with Gasteiger partial charge in [-0.15, -0.1) is 0 Å². The van der Waals surface area contributed by atoms with Crippen LogP contribution in [0.4, 0.5) is 23.0 Å². The smallest absolute Gasteiger partial charge is 0.343 e. The zero-order valence-electron chi connectivity index (χ0n) is 23.3. The third-order valence-electron chi connectivity index (χ3n) is 7.35. The number of esters is 1. The van der Waals surface area contributed by atoms with Gasteiger partial charge < -0.3 is 30.2 Å². The summed E-state index contributed by atoms with van der Waals surface area (Å²) in [4.78, 5) is 26.9. The highest BCUT2D eigenvalue weighted by Gasteiger charge is 2.24. The molecule has 5 rings (SSSR count). The maximum atomic E-state index is 13.0. The highest BCUT2D eigenvalue weighted by Crippen LogP contribution is 2.32. The second-order valence-electron chi connectivity index (χ2n) is 10.6. The third-order valence-corrected chi connectivity index (χ3v) is 7.35. The van der Waals surface area contributed by atoms with Gasteiger partial charge >= 0.3 is 5.97 Å². The van der Waals surface area contributed by atoms with Crippen LogP contribution in [0, 0.1) is 6.92 Å². The Labute approximate surface area is 229 Å². The van der Waals surface area contributed by atoms with Crippen LogP contribution in [0.25, 0.3) is 16.7 Å². The molecular formula is C30H37N7O2. The molecule has 1 fully saturated rings. The zero-order valence-corrected chi connectivity index (χ0v) is 23.3. The fraction of sp³-hybridized carbons (Fsp3) is 0.367. The van der Waals surface area contributed by atoms with Crippen LogP contribution in [-0.4, -0.2) is 64.7 Å². The van der Waals surface area contributed by atoms with Crippen LogP contribution in [-0.2, 0) is 4.74 Å². The second kappa shape index (κ2) is 10.9. The number of hydrogen-bond acceptors (Lipinski definition) is 8. The van der Waals surface area contributed by atoms with Crippen molar-refractivity contribution in [1.82, 2.24) is 19.4 Å². The van der Waals surface area contributed by atoms with Gasteiger partial charge in [-0.3, -0.25) is 0 Å². The topological polar surface area (TPSA) is 102 Å². The maximum absolute atomic E-state index is 13.0. The average molecular weight is 528 g/mol. The molecule has 0 amide bonds. The summed E-state index contributed by atoms with van der Waals surface area (Å²) in [7, 11) is 4.28. The number of para-hydroxylation sites is 1. The van der Waals surface area contributed by atoms with E-state index in [9.17, 15) is 4.79 Å². The Morgan fingerprint density at radius 3 is 2.79 bits per heavy atom. The molecule has 39 heavy (non-hydrogen) atoms. The first-order chi connectivity index (χ1) is 18.7. The van der Waals surface area contributed by atoms with E-state index in [1.54, 1.807) is 0 Å². The van der Waals surface area contributed by atoms with E-state index in [2.05, 4.69) is 40.3 Å². The molecule has 1 atom stereocenters. The molecule has 0 bridgehead atoms. The Morgan fingerprint density at radius 2 is 2.05 bits per heavy atom. The van der Waals surface area contributed by atoms with E-state index in [4.69, 9.17) is 15.5 Å². The quantitative estimate of drug-likeness (QED) is 0.240. The van der Waals surface area contributed by atoms with Crippen molar-refractivity contribution in [3.8, 4) is 5.82 Å². The molecule has 9 heteroatoms. The van der Waals surface area contributed by atoms with Gasteiger partial charge in [-0.25, -0.2) is 9.78 Å². The molecule has 0 saturated carbocycles. The normalized spacial score (nSPS) is 15.7. The van der Waals surface area contributed by atoms with E-state index in [1.165, 1.54) is 19.0 Å². The molecule has 204 valence electrons. The minimum atomic E-state index is -0.468. The lowest BCUT2D eigenvalue weighted by Gasteiger charge is -2.29. The largest absolute Gasteiger partial charge is 0.459 e. The molecular weight excluding hydrogens is 490 g/mol. The summed E-state index contributed by atoms with van der Waals surface area (Å²) < 4.78 is 7.38. The maximum Gasteiger partial charge on any atom is 0.343 e. The van der Waals surface area contributed by atoms with E-state index in [-0.39, 0.29) is 6.10 Å². The fourth-order valence-electron chi connectivity index (χ4n) is 5.23. The van der Waals surface area contributed by atoms with Crippen molar-refractivity contribution < 1.29 is 9.53 Å². The molecule has 9 nitrogen and oxygen atoms in total. The Hall–Kier alpha value is -4.11. The molecule has 2 aromatic heterocycles. The van der Waals surface area contributed by atoms with Gasteiger partial charge in [0.25, 0.3) is 0 Å². The SMILES string of the molecule is Cc1cc(N(C)C[C@H]2CCCN2C)c(N)cc1Nc1ncc(C(=O)OC(C)C)c(-n2ccc3ccccc32)n1. The van der Waals surface area contributed by atoms with Crippen molar-refractivity contribution >= 4 is 39.9 Å². The molecule has 3 heterocycles. The number of hydrogen-bond donors (Lipinski definition) is 2. The summed E-state index contributed by atoms with van der Waals surface area (Å²) in [6, 6.07) is 14.5. The van der Waals surface area contributed by atoms with Crippen LogP contribution >= 0.6 is 0 Å². The number of carbonyl (C=O) groups excluding carboxylic acids is 1. The van der Waals surface area contributed by atoms with Gasteiger partial charge in [-0.2, -0.15) is 4.98 Å². The number of nitrogens with two attached hydrogens (primary N) is 1. The highest BCUT2D eigenvalue weighted by atomic mass is 16.5. The fourth-order valence-corrected chi connectivity index (χ4v) is 5.23. The van der Waals surface area contributed by atoms with Gasteiger partial charge in [0.2, 0.25) is 5.95 Å². The van der Waals surface area contributed by atoms with E-state index in [0.29, 0.717) is 29.1 Å². The number of rotatable bonds is 8. The van der Waals surface area contributed by atoms with Crippen molar-refractivity contribution in [1.29, 1.82) is 0 Å². The molecule has 0 aliphatic carbocycles. The van der Waals surface area contributed by atoms with Crippen molar-refractivity contribution in [2.45, 2.75) is 45.8 Å². The van der Waals surface area contributed by atoms with Crippen molar-refractivity contribution in [2.75, 3.05) is 43.1 Å². The van der Waals surface area contributed by atoms with E-state index >= 15 is 0 Å². The number of nitrogens with one attached hydrogen (secondary N) is 1. The Kier molecular flexibility index (Phi) is 7.43. The van der Waals surface area contributed by atoms with Gasteiger partial charge in [0.15, 0.2) is 5.82 Å². The number of likely N-dealkylation sites (N-methyl/N-ethyl adjacent to an activating group) is 2. The number of anilines is 4. The van der Waals surface area contributed by atoms with Gasteiger partial charge in [0.1, 0.15) is 5.56 Å². The molecule has 4 aromatic rings. The van der Waals surface area contributed by atoms with Gasteiger partial charge in [-0.05, 0) is 82.4 Å². The minimum Gasteiger partial charge on any atom is -0.459 e. The molecule has 3 N–H and O–H groups in total. The minimum absolute atomic E-state index is 0.263. The summed E-state index contributed by atoms with van der Waals surface area (Å²) in [5.41, 5.74) is 11.3. The Balaban J connectivity index is 1.46. The summed E-state index contributed by atoms with van der Waals surface area (Å²) in [5, 5.41) is 4.36. The van der Waals surface area contributed by atoms with E-state index in [0.717, 1.165) is 40.9 Å². The van der Waals surface area contributed by atoms with Crippen molar-refractivity contribution in [2.24, 2.45) is 0 Å². The number of carbonyl (C=O) groups is 1.